The number of nitrogens with one attached hydrogen (secondary N) is 1. The van der Waals surface area contributed by atoms with Crippen LogP contribution in [0, 0.1) is 0 Å². The Morgan fingerprint density at radius 3 is 2.43 bits per heavy atom. The van der Waals surface area contributed by atoms with E-state index in [0.717, 1.165) is 44.0 Å². The first-order valence-corrected chi connectivity index (χ1v) is 11.8. The van der Waals surface area contributed by atoms with Gasteiger partial charge in [0.15, 0.2) is 0 Å². The zero-order valence-corrected chi connectivity index (χ0v) is 18.1. The molecule has 0 aromatic heterocycles. The van der Waals surface area contributed by atoms with E-state index in [2.05, 4.69) is 5.32 Å². The van der Waals surface area contributed by atoms with Gasteiger partial charge in [0.2, 0.25) is 10.0 Å². The Hall–Kier alpha value is -1.18. The maximum atomic E-state index is 13.3. The highest BCUT2D eigenvalue weighted by molar-refractivity contribution is 7.89. The van der Waals surface area contributed by atoms with Crippen molar-refractivity contribution in [2.45, 2.75) is 43.9 Å². The van der Waals surface area contributed by atoms with Crippen molar-refractivity contribution in [1.82, 2.24) is 9.62 Å². The van der Waals surface area contributed by atoms with Crippen LogP contribution < -0.4 is 5.32 Å². The van der Waals surface area contributed by atoms with Crippen LogP contribution in [0.2, 0.25) is 5.02 Å². The molecule has 0 saturated carbocycles. The summed E-state index contributed by atoms with van der Waals surface area (Å²) in [5.41, 5.74) is 0. The van der Waals surface area contributed by atoms with Crippen LogP contribution in [0.5, 0.6) is 0 Å². The van der Waals surface area contributed by atoms with Crippen LogP contribution >= 0.6 is 11.6 Å². The highest BCUT2D eigenvalue weighted by atomic mass is 35.5. The van der Waals surface area contributed by atoms with Gasteiger partial charge in [0.25, 0.3) is 0 Å². The Morgan fingerprint density at radius 1 is 0.964 bits per heavy atom. The van der Waals surface area contributed by atoms with Gasteiger partial charge in [-0.25, -0.2) is 8.42 Å². The van der Waals surface area contributed by atoms with Crippen molar-refractivity contribution >= 4 is 32.4 Å². The van der Waals surface area contributed by atoms with Gasteiger partial charge in [-0.3, -0.25) is 0 Å². The number of benzene rings is 2. The highest BCUT2D eigenvalue weighted by Gasteiger charge is 2.25. The number of aliphatic hydroxyl groups excluding tert-OH is 1. The zero-order chi connectivity index (χ0) is 20.4. The number of unbranched alkanes of at least 4 members (excludes halogenated alkanes) is 3. The number of sulfonamides is 1. The second kappa shape index (κ2) is 11.7. The molecule has 0 atom stereocenters. The summed E-state index contributed by atoms with van der Waals surface area (Å²) in [4.78, 5) is 0.328. The van der Waals surface area contributed by atoms with Crippen molar-refractivity contribution in [3.05, 3.63) is 41.4 Å². The molecule has 0 amide bonds. The van der Waals surface area contributed by atoms with Gasteiger partial charge >= 0.3 is 0 Å². The van der Waals surface area contributed by atoms with E-state index in [-0.39, 0.29) is 6.61 Å². The average Bonchev–Trinajstić information content (AvgIpc) is 2.69. The monoisotopic (exact) mass is 426 g/mol. The third kappa shape index (κ3) is 6.16. The smallest absolute Gasteiger partial charge is 0.243 e. The Balaban J connectivity index is 2.05. The molecule has 2 aromatic carbocycles. The minimum Gasteiger partial charge on any atom is -0.395 e. The molecule has 0 heterocycles. The molecule has 5 nitrogen and oxygen atoms in total. The third-order valence-electron chi connectivity index (χ3n) is 4.72. The predicted molar refractivity (Wildman–Crippen MR) is 116 cm³/mol. The molecule has 2 aromatic rings. The van der Waals surface area contributed by atoms with Crippen LogP contribution in [-0.4, -0.2) is 50.6 Å². The molecular formula is C21H31ClN2O3S. The van der Waals surface area contributed by atoms with Gasteiger partial charge in [-0.2, -0.15) is 4.31 Å². The molecular weight excluding hydrogens is 396 g/mol. The fraction of sp³-hybridized carbons (Fsp3) is 0.524. The van der Waals surface area contributed by atoms with Crippen LogP contribution in [0.15, 0.2) is 41.3 Å². The molecule has 0 aliphatic rings. The number of nitrogens with zero attached hydrogens (tertiary/aromatic N) is 1. The van der Waals surface area contributed by atoms with Crippen molar-refractivity contribution in [3.63, 3.8) is 0 Å². The average molecular weight is 427 g/mol. The Labute approximate surface area is 173 Å². The fourth-order valence-corrected chi connectivity index (χ4v) is 5.32. The summed E-state index contributed by atoms with van der Waals surface area (Å²) >= 11 is 6.26. The number of hydrogen-bond acceptors (Lipinski definition) is 4. The number of halogens is 1. The summed E-state index contributed by atoms with van der Waals surface area (Å²) in [5.74, 6) is 0. The molecule has 0 radical (unpaired) electrons. The van der Waals surface area contributed by atoms with Crippen molar-refractivity contribution in [3.8, 4) is 0 Å². The Bertz CT molecular complexity index is 843. The first-order valence-electron chi connectivity index (χ1n) is 10.0. The van der Waals surface area contributed by atoms with Gasteiger partial charge < -0.3 is 10.4 Å². The number of rotatable bonds is 13. The van der Waals surface area contributed by atoms with E-state index in [4.69, 9.17) is 16.7 Å². The lowest BCUT2D eigenvalue weighted by molar-refractivity contribution is 0.292. The first kappa shape index (κ1) is 23.1. The lowest BCUT2D eigenvalue weighted by Crippen LogP contribution is -2.33. The van der Waals surface area contributed by atoms with Gasteiger partial charge in [0, 0.05) is 35.4 Å². The second-order valence-electron chi connectivity index (χ2n) is 6.88. The number of hydrogen-bond donors (Lipinski definition) is 2. The SMILES string of the molecule is CCCN(CCCCCCNCCO)S(=O)(=O)c1cccc2c(Cl)cccc12. The summed E-state index contributed by atoms with van der Waals surface area (Å²) in [7, 11) is -3.58. The van der Waals surface area contributed by atoms with Gasteiger partial charge in [-0.05, 0) is 37.9 Å². The van der Waals surface area contributed by atoms with Crippen molar-refractivity contribution in [2.75, 3.05) is 32.8 Å². The molecule has 156 valence electrons. The molecule has 28 heavy (non-hydrogen) atoms. The molecule has 0 aliphatic carbocycles. The predicted octanol–water partition coefficient (Wildman–Crippen LogP) is 4.04. The summed E-state index contributed by atoms with van der Waals surface area (Å²) in [6, 6.07) is 10.7. The van der Waals surface area contributed by atoms with E-state index in [0.29, 0.717) is 34.9 Å². The minimum atomic E-state index is -3.58. The quantitative estimate of drug-likeness (QED) is 0.474. The number of fused-ring (bicyclic) bond motifs is 1. The molecule has 0 unspecified atom stereocenters. The Kier molecular flexibility index (Phi) is 9.68. The molecule has 2 rings (SSSR count). The summed E-state index contributed by atoms with van der Waals surface area (Å²) in [5, 5.41) is 13.9. The summed E-state index contributed by atoms with van der Waals surface area (Å²) in [6.45, 7) is 4.69. The van der Waals surface area contributed by atoms with Crippen LogP contribution in [0.1, 0.15) is 39.0 Å². The largest absolute Gasteiger partial charge is 0.395 e. The zero-order valence-electron chi connectivity index (χ0n) is 16.5. The normalized spacial score (nSPS) is 12.1. The lowest BCUT2D eigenvalue weighted by Gasteiger charge is -2.22. The van der Waals surface area contributed by atoms with Crippen LogP contribution in [-0.2, 0) is 10.0 Å². The van der Waals surface area contributed by atoms with Crippen molar-refractivity contribution in [2.24, 2.45) is 0 Å². The standard InChI is InChI=1S/C21H31ClN2O3S/c1-2-15-24(16-6-4-3-5-13-23-14-17-25)28(26,27)21-12-8-9-18-19(21)10-7-11-20(18)22/h7-12,23,25H,2-6,13-17H2,1H3. The number of aliphatic hydroxyl groups is 1. The second-order valence-corrected chi connectivity index (χ2v) is 9.20. The molecule has 0 saturated heterocycles. The first-order chi connectivity index (χ1) is 13.5. The van der Waals surface area contributed by atoms with Gasteiger partial charge in [-0.1, -0.05) is 55.6 Å². The molecule has 2 N–H and O–H groups in total. The summed E-state index contributed by atoms with van der Waals surface area (Å²) in [6.07, 6.45) is 4.67. The van der Waals surface area contributed by atoms with Gasteiger partial charge in [-0.15, -0.1) is 0 Å². The fourth-order valence-electron chi connectivity index (χ4n) is 3.30. The van der Waals surface area contributed by atoms with Crippen molar-refractivity contribution < 1.29 is 13.5 Å². The van der Waals surface area contributed by atoms with Gasteiger partial charge in [0.05, 0.1) is 11.5 Å². The maximum absolute atomic E-state index is 13.3. The van der Waals surface area contributed by atoms with Crippen molar-refractivity contribution in [1.29, 1.82) is 0 Å². The van der Waals surface area contributed by atoms with E-state index in [1.54, 1.807) is 28.6 Å². The Morgan fingerprint density at radius 2 is 1.68 bits per heavy atom. The minimum absolute atomic E-state index is 0.156. The van der Waals surface area contributed by atoms with Crippen LogP contribution in [0.4, 0.5) is 0 Å². The summed E-state index contributed by atoms with van der Waals surface area (Å²) < 4.78 is 28.3. The van der Waals surface area contributed by atoms with Crippen LogP contribution in [0.3, 0.4) is 0 Å². The molecule has 7 heteroatoms. The highest BCUT2D eigenvalue weighted by Crippen LogP contribution is 2.30. The van der Waals surface area contributed by atoms with E-state index >= 15 is 0 Å². The van der Waals surface area contributed by atoms with E-state index in [9.17, 15) is 8.42 Å². The lowest BCUT2D eigenvalue weighted by atomic mass is 10.1. The maximum Gasteiger partial charge on any atom is 0.243 e. The third-order valence-corrected chi connectivity index (χ3v) is 7.01. The van der Waals surface area contributed by atoms with Crippen LogP contribution in [0.25, 0.3) is 10.8 Å². The van der Waals surface area contributed by atoms with Gasteiger partial charge in [0.1, 0.15) is 0 Å². The van der Waals surface area contributed by atoms with E-state index in [1.165, 1.54) is 0 Å². The molecule has 0 fully saturated rings. The molecule has 0 spiro atoms. The molecule has 0 bridgehead atoms. The molecule has 0 aliphatic heterocycles. The van der Waals surface area contributed by atoms with E-state index in [1.807, 2.05) is 19.1 Å². The van der Waals surface area contributed by atoms with E-state index < -0.39 is 10.0 Å². The topological polar surface area (TPSA) is 69.6 Å².